The summed E-state index contributed by atoms with van der Waals surface area (Å²) in [6, 6.07) is 10.8. The minimum absolute atomic E-state index is 0.0243. The fraction of sp³-hybridized carbons (Fsp3) is 0.333. The molecule has 0 aliphatic heterocycles. The molecule has 0 unspecified atom stereocenters. The molecule has 5 nitrogen and oxygen atoms in total. The van der Waals surface area contributed by atoms with E-state index in [1.54, 1.807) is 18.2 Å². The van der Waals surface area contributed by atoms with Crippen LogP contribution in [0.25, 0.3) is 0 Å². The number of rotatable bonds is 6. The van der Waals surface area contributed by atoms with E-state index in [1.165, 1.54) is 11.3 Å². The van der Waals surface area contributed by atoms with Crippen molar-refractivity contribution in [3.8, 4) is 0 Å². The van der Waals surface area contributed by atoms with E-state index in [0.717, 1.165) is 23.3 Å². The molecule has 1 aromatic carbocycles. The summed E-state index contributed by atoms with van der Waals surface area (Å²) in [5.41, 5.74) is -0.370. The van der Waals surface area contributed by atoms with E-state index < -0.39 is 17.4 Å². The zero-order valence-corrected chi connectivity index (χ0v) is 15.1. The molecule has 2 amide bonds. The van der Waals surface area contributed by atoms with Gasteiger partial charge in [0.25, 0.3) is 0 Å². The smallest absolute Gasteiger partial charge is 0.309 e. The Kier molecular flexibility index (Phi) is 5.42. The summed E-state index contributed by atoms with van der Waals surface area (Å²) < 4.78 is 0. The number of carbonyl (C=O) groups is 2. The van der Waals surface area contributed by atoms with Gasteiger partial charge in [0, 0.05) is 16.4 Å². The normalized spacial score (nSPS) is 16.1. The van der Waals surface area contributed by atoms with Gasteiger partial charge >= 0.3 is 11.8 Å². The van der Waals surface area contributed by atoms with Crippen molar-refractivity contribution in [2.75, 3.05) is 6.54 Å². The van der Waals surface area contributed by atoms with Gasteiger partial charge in [-0.3, -0.25) is 9.59 Å². The topological polar surface area (TPSA) is 78.4 Å². The van der Waals surface area contributed by atoms with Crippen molar-refractivity contribution >= 4 is 34.8 Å². The minimum atomic E-state index is -1.10. The molecule has 2 aromatic rings. The highest BCUT2D eigenvalue weighted by Crippen LogP contribution is 2.46. The van der Waals surface area contributed by atoms with Gasteiger partial charge in [-0.2, -0.15) is 0 Å². The zero-order chi connectivity index (χ0) is 17.9. The van der Waals surface area contributed by atoms with E-state index in [0.29, 0.717) is 5.02 Å². The summed E-state index contributed by atoms with van der Waals surface area (Å²) >= 11 is 7.47. The number of carbonyl (C=O) groups excluding carboxylic acids is 2. The standard InChI is InChI=1S/C18H19ClN2O3S/c19-14-5-2-1-4-12(14)10-20-16(22)17(23)21-11-18(24,13-7-8-13)15-6-3-9-25-15/h1-6,9,13,24H,7-8,10-11H2,(H,20,22)(H,21,23)/t18-/m0/s1. The van der Waals surface area contributed by atoms with Crippen molar-refractivity contribution < 1.29 is 14.7 Å². The largest absolute Gasteiger partial charge is 0.382 e. The Balaban J connectivity index is 1.54. The van der Waals surface area contributed by atoms with E-state index >= 15 is 0 Å². The van der Waals surface area contributed by atoms with E-state index in [2.05, 4.69) is 10.6 Å². The van der Waals surface area contributed by atoms with Crippen LogP contribution in [0.4, 0.5) is 0 Å². The predicted octanol–water partition coefficient (Wildman–Crippen LogP) is 2.43. The van der Waals surface area contributed by atoms with Crippen LogP contribution in [0, 0.1) is 5.92 Å². The molecule has 0 radical (unpaired) electrons. The van der Waals surface area contributed by atoms with Gasteiger partial charge in [-0.05, 0) is 41.8 Å². The Hall–Kier alpha value is -1.89. The Morgan fingerprint density at radius 2 is 1.88 bits per heavy atom. The molecule has 25 heavy (non-hydrogen) atoms. The van der Waals surface area contributed by atoms with Crippen LogP contribution in [0.15, 0.2) is 41.8 Å². The van der Waals surface area contributed by atoms with Crippen LogP contribution in [-0.2, 0) is 21.7 Å². The van der Waals surface area contributed by atoms with Crippen LogP contribution >= 0.6 is 22.9 Å². The number of nitrogens with one attached hydrogen (secondary N) is 2. The Labute approximate surface area is 155 Å². The number of thiophene rings is 1. The first kappa shape index (κ1) is 17.9. The van der Waals surface area contributed by atoms with Crippen LogP contribution < -0.4 is 10.6 Å². The summed E-state index contributed by atoms with van der Waals surface area (Å²) in [5.74, 6) is -1.38. The third-order valence-electron chi connectivity index (χ3n) is 4.32. The van der Waals surface area contributed by atoms with Crippen molar-refractivity contribution in [3.05, 3.63) is 57.2 Å². The molecule has 0 spiro atoms. The molecule has 1 atom stereocenters. The molecular formula is C18H19ClN2O3S. The highest BCUT2D eigenvalue weighted by molar-refractivity contribution is 7.10. The first-order valence-electron chi connectivity index (χ1n) is 8.06. The van der Waals surface area contributed by atoms with E-state index in [4.69, 9.17) is 11.6 Å². The lowest BCUT2D eigenvalue weighted by molar-refractivity contribution is -0.140. The quantitative estimate of drug-likeness (QED) is 0.675. The molecule has 1 aliphatic rings. The number of amides is 2. The zero-order valence-electron chi connectivity index (χ0n) is 13.5. The highest BCUT2D eigenvalue weighted by Gasteiger charge is 2.46. The van der Waals surface area contributed by atoms with Gasteiger partial charge in [-0.25, -0.2) is 0 Å². The van der Waals surface area contributed by atoms with Crippen molar-refractivity contribution in [2.24, 2.45) is 5.92 Å². The average Bonchev–Trinajstić information content (AvgIpc) is 3.33. The molecule has 1 saturated carbocycles. The number of hydrogen-bond donors (Lipinski definition) is 3. The molecule has 132 valence electrons. The van der Waals surface area contributed by atoms with Crippen molar-refractivity contribution in [1.29, 1.82) is 0 Å². The summed E-state index contributed by atoms with van der Waals surface area (Å²) in [6.07, 6.45) is 1.84. The average molecular weight is 379 g/mol. The van der Waals surface area contributed by atoms with Gasteiger partial charge in [-0.15, -0.1) is 11.3 Å². The van der Waals surface area contributed by atoms with Crippen LogP contribution in [0.1, 0.15) is 23.3 Å². The van der Waals surface area contributed by atoms with Crippen molar-refractivity contribution in [1.82, 2.24) is 10.6 Å². The Morgan fingerprint density at radius 1 is 1.16 bits per heavy atom. The maximum absolute atomic E-state index is 12.0. The molecule has 3 N–H and O–H groups in total. The molecule has 1 aliphatic carbocycles. The maximum Gasteiger partial charge on any atom is 0.309 e. The fourth-order valence-corrected chi connectivity index (χ4v) is 3.82. The SMILES string of the molecule is O=C(NCc1ccccc1Cl)C(=O)NC[C@@](O)(c1cccs1)C1CC1. The highest BCUT2D eigenvalue weighted by atomic mass is 35.5. The van der Waals surface area contributed by atoms with E-state index in [1.807, 2.05) is 23.6 Å². The second kappa shape index (κ2) is 7.56. The number of aliphatic hydroxyl groups is 1. The van der Waals surface area contributed by atoms with Gasteiger partial charge < -0.3 is 15.7 Å². The second-order valence-corrected chi connectivity index (χ2v) is 7.49. The fourth-order valence-electron chi connectivity index (χ4n) is 2.71. The van der Waals surface area contributed by atoms with Crippen molar-refractivity contribution in [3.63, 3.8) is 0 Å². The van der Waals surface area contributed by atoms with E-state index in [-0.39, 0.29) is 19.0 Å². The van der Waals surface area contributed by atoms with Gasteiger partial charge in [0.05, 0.1) is 6.54 Å². The molecule has 3 rings (SSSR count). The lowest BCUT2D eigenvalue weighted by Gasteiger charge is -2.27. The van der Waals surface area contributed by atoms with Gasteiger partial charge in [0.15, 0.2) is 0 Å². The number of benzene rings is 1. The van der Waals surface area contributed by atoms with Crippen LogP contribution in [0.2, 0.25) is 5.02 Å². The Bertz CT molecular complexity index is 761. The molecule has 1 aromatic heterocycles. The van der Waals surface area contributed by atoms with Gasteiger partial charge in [-0.1, -0.05) is 35.9 Å². The third-order valence-corrected chi connectivity index (χ3v) is 5.73. The molecule has 0 bridgehead atoms. The van der Waals surface area contributed by atoms with Crippen LogP contribution in [-0.4, -0.2) is 23.5 Å². The van der Waals surface area contributed by atoms with Gasteiger partial charge in [0.2, 0.25) is 0 Å². The summed E-state index contributed by atoms with van der Waals surface area (Å²) in [4.78, 5) is 24.8. The molecule has 0 saturated heterocycles. The molecule has 1 fully saturated rings. The summed E-state index contributed by atoms with van der Waals surface area (Å²) in [6.45, 7) is 0.195. The number of hydrogen-bond acceptors (Lipinski definition) is 4. The van der Waals surface area contributed by atoms with E-state index in [9.17, 15) is 14.7 Å². The lowest BCUT2D eigenvalue weighted by Crippen LogP contribution is -2.47. The van der Waals surface area contributed by atoms with Crippen LogP contribution in [0.3, 0.4) is 0 Å². The maximum atomic E-state index is 12.0. The first-order chi connectivity index (χ1) is 12.0. The van der Waals surface area contributed by atoms with Gasteiger partial charge in [0.1, 0.15) is 5.60 Å². The monoisotopic (exact) mass is 378 g/mol. The van der Waals surface area contributed by atoms with Crippen LogP contribution in [0.5, 0.6) is 0 Å². The Morgan fingerprint density at radius 3 is 2.52 bits per heavy atom. The molecule has 7 heteroatoms. The summed E-state index contributed by atoms with van der Waals surface area (Å²) in [7, 11) is 0. The number of halogens is 1. The third kappa shape index (κ3) is 4.21. The van der Waals surface area contributed by atoms with Crippen molar-refractivity contribution in [2.45, 2.75) is 25.0 Å². The summed E-state index contributed by atoms with van der Waals surface area (Å²) in [5, 5.41) is 18.5. The lowest BCUT2D eigenvalue weighted by atomic mass is 9.95. The predicted molar refractivity (Wildman–Crippen MR) is 97.2 cm³/mol. The minimum Gasteiger partial charge on any atom is -0.382 e. The second-order valence-electron chi connectivity index (χ2n) is 6.13. The molecule has 1 heterocycles. The molecular weight excluding hydrogens is 360 g/mol. The first-order valence-corrected chi connectivity index (χ1v) is 9.32.